The fourth-order valence-electron chi connectivity index (χ4n) is 3.46. The number of hydrogen-bond acceptors (Lipinski definition) is 4. The molecule has 0 saturated carbocycles. The average Bonchev–Trinajstić information content (AvgIpc) is 3.24. The summed E-state index contributed by atoms with van der Waals surface area (Å²) in [6, 6.07) is 11.3. The van der Waals surface area contributed by atoms with E-state index in [1.807, 2.05) is 0 Å². The molecule has 154 valence electrons. The first-order chi connectivity index (χ1) is 13.2. The molecule has 0 amide bonds. The van der Waals surface area contributed by atoms with Gasteiger partial charge < -0.3 is 10.6 Å². The van der Waals surface area contributed by atoms with Crippen molar-refractivity contribution in [2.75, 3.05) is 19.6 Å². The van der Waals surface area contributed by atoms with E-state index in [-0.39, 0.29) is 24.0 Å². The maximum absolute atomic E-state index is 4.73. The number of nitrogens with one attached hydrogen (secondary N) is 2. The number of aliphatic imine (C=N–C) groups is 1. The summed E-state index contributed by atoms with van der Waals surface area (Å²) in [5.41, 5.74) is 2.50. The Morgan fingerprint density at radius 1 is 1.25 bits per heavy atom. The van der Waals surface area contributed by atoms with E-state index in [4.69, 9.17) is 4.99 Å². The number of hydrogen-bond donors (Lipinski definition) is 2. The minimum Gasteiger partial charge on any atom is -0.357 e. The van der Waals surface area contributed by atoms with Crippen molar-refractivity contribution < 1.29 is 0 Å². The molecule has 5 nitrogen and oxygen atoms in total. The van der Waals surface area contributed by atoms with E-state index in [9.17, 15) is 0 Å². The highest BCUT2D eigenvalue weighted by Crippen LogP contribution is 2.20. The molecule has 1 aromatic carbocycles. The number of likely N-dealkylation sites (tertiary alicyclic amines) is 1. The molecule has 0 bridgehead atoms. The van der Waals surface area contributed by atoms with Crippen molar-refractivity contribution in [1.82, 2.24) is 20.5 Å². The van der Waals surface area contributed by atoms with Crippen LogP contribution in [-0.4, -0.2) is 41.5 Å². The Kier molecular flexibility index (Phi) is 9.67. The van der Waals surface area contributed by atoms with Crippen LogP contribution in [0.2, 0.25) is 0 Å². The quantitative estimate of drug-likeness (QED) is 0.333. The molecule has 7 heteroatoms. The molecule has 2 aromatic rings. The van der Waals surface area contributed by atoms with Crippen LogP contribution in [0.25, 0.3) is 0 Å². The summed E-state index contributed by atoms with van der Waals surface area (Å²) in [6.45, 7) is 10.9. The van der Waals surface area contributed by atoms with Gasteiger partial charge in [0.05, 0.1) is 12.2 Å². The van der Waals surface area contributed by atoms with E-state index in [1.165, 1.54) is 29.8 Å². The number of aryl methyl sites for hydroxylation is 2. The second kappa shape index (κ2) is 11.7. The summed E-state index contributed by atoms with van der Waals surface area (Å²) in [7, 11) is 0. The maximum atomic E-state index is 4.73. The Morgan fingerprint density at radius 2 is 2.04 bits per heavy atom. The lowest BCUT2D eigenvalue weighted by atomic mass is 10.2. The zero-order valence-corrected chi connectivity index (χ0v) is 20.2. The lowest BCUT2D eigenvalue weighted by Gasteiger charge is -2.25. The molecule has 3 rings (SSSR count). The number of thiazole rings is 1. The van der Waals surface area contributed by atoms with Gasteiger partial charge in [-0.25, -0.2) is 9.98 Å². The Hall–Kier alpha value is -1.19. The summed E-state index contributed by atoms with van der Waals surface area (Å²) < 4.78 is 0. The van der Waals surface area contributed by atoms with Crippen LogP contribution in [0.5, 0.6) is 0 Å². The maximum Gasteiger partial charge on any atom is 0.191 e. The minimum absolute atomic E-state index is 0. The minimum atomic E-state index is 0. The first-order valence-corrected chi connectivity index (χ1v) is 10.7. The molecule has 1 aliphatic rings. The molecule has 1 fully saturated rings. The molecular formula is C21H32IN5S. The largest absolute Gasteiger partial charge is 0.357 e. The Labute approximate surface area is 190 Å². The molecule has 1 aromatic heterocycles. The van der Waals surface area contributed by atoms with Crippen LogP contribution in [0.4, 0.5) is 0 Å². The van der Waals surface area contributed by atoms with Gasteiger partial charge >= 0.3 is 0 Å². The summed E-state index contributed by atoms with van der Waals surface area (Å²) >= 11 is 1.74. The van der Waals surface area contributed by atoms with E-state index in [0.717, 1.165) is 36.3 Å². The first kappa shape index (κ1) is 23.1. The number of benzene rings is 1. The molecule has 28 heavy (non-hydrogen) atoms. The van der Waals surface area contributed by atoms with Crippen molar-refractivity contribution in [3.63, 3.8) is 0 Å². The fourth-order valence-corrected chi connectivity index (χ4v) is 4.32. The van der Waals surface area contributed by atoms with E-state index >= 15 is 0 Å². The van der Waals surface area contributed by atoms with Crippen molar-refractivity contribution in [3.8, 4) is 0 Å². The van der Waals surface area contributed by atoms with Crippen LogP contribution in [0.15, 0.2) is 35.3 Å². The van der Waals surface area contributed by atoms with Gasteiger partial charge in [0, 0.05) is 30.6 Å². The van der Waals surface area contributed by atoms with Gasteiger partial charge in [0.2, 0.25) is 0 Å². The van der Waals surface area contributed by atoms with Crippen LogP contribution in [0, 0.1) is 13.8 Å². The lowest BCUT2D eigenvalue weighted by Crippen LogP contribution is -2.44. The van der Waals surface area contributed by atoms with Crippen molar-refractivity contribution in [2.24, 2.45) is 4.99 Å². The number of guanidine groups is 1. The highest BCUT2D eigenvalue weighted by Gasteiger charge is 2.24. The van der Waals surface area contributed by atoms with Gasteiger partial charge in [0.25, 0.3) is 0 Å². The molecule has 1 aliphatic heterocycles. The SMILES string of the molecule is CCNC(=NCc1nc(C)c(C)s1)NCC1CCCN1Cc1ccccc1.I. The normalized spacial score (nSPS) is 17.4. The van der Waals surface area contributed by atoms with Gasteiger partial charge in [-0.2, -0.15) is 0 Å². The van der Waals surface area contributed by atoms with E-state index in [2.05, 4.69) is 71.6 Å². The summed E-state index contributed by atoms with van der Waals surface area (Å²) in [6.07, 6.45) is 2.51. The van der Waals surface area contributed by atoms with Gasteiger partial charge in [-0.1, -0.05) is 30.3 Å². The van der Waals surface area contributed by atoms with E-state index in [1.54, 1.807) is 11.3 Å². The van der Waals surface area contributed by atoms with Crippen molar-refractivity contribution in [1.29, 1.82) is 0 Å². The van der Waals surface area contributed by atoms with Crippen LogP contribution in [0.3, 0.4) is 0 Å². The molecule has 2 N–H and O–H groups in total. The molecule has 0 spiro atoms. The standard InChI is InChI=1S/C21H31N5S.HI/c1-4-22-21(24-14-20-25-16(2)17(3)27-20)23-13-19-11-8-12-26(19)15-18-9-6-5-7-10-18;/h5-7,9-10,19H,4,8,11-15H2,1-3H3,(H2,22,23,24);1H. The number of rotatable bonds is 7. The summed E-state index contributed by atoms with van der Waals surface area (Å²) in [5, 5.41) is 7.98. The van der Waals surface area contributed by atoms with Crippen LogP contribution >= 0.6 is 35.3 Å². The molecule has 1 unspecified atom stereocenters. The predicted molar refractivity (Wildman–Crippen MR) is 130 cm³/mol. The molecule has 1 saturated heterocycles. The Bertz CT molecular complexity index is 727. The van der Waals surface area contributed by atoms with Crippen LogP contribution in [0.1, 0.15) is 40.9 Å². The van der Waals surface area contributed by atoms with Crippen molar-refractivity contribution >= 4 is 41.3 Å². The molecule has 1 atom stereocenters. The predicted octanol–water partition coefficient (Wildman–Crippen LogP) is 4.10. The zero-order valence-electron chi connectivity index (χ0n) is 17.1. The second-order valence-corrected chi connectivity index (χ2v) is 8.37. The monoisotopic (exact) mass is 513 g/mol. The number of halogens is 1. The summed E-state index contributed by atoms with van der Waals surface area (Å²) in [5.74, 6) is 0.884. The van der Waals surface area contributed by atoms with Crippen molar-refractivity contribution in [3.05, 3.63) is 51.5 Å². The number of aromatic nitrogens is 1. The Balaban J connectivity index is 0.00000280. The highest BCUT2D eigenvalue weighted by molar-refractivity contribution is 14.0. The van der Waals surface area contributed by atoms with E-state index in [0.29, 0.717) is 12.6 Å². The van der Waals surface area contributed by atoms with Gasteiger partial charge in [-0.05, 0) is 45.7 Å². The average molecular weight is 513 g/mol. The van der Waals surface area contributed by atoms with E-state index < -0.39 is 0 Å². The number of nitrogens with zero attached hydrogens (tertiary/aromatic N) is 3. The molecular weight excluding hydrogens is 481 g/mol. The van der Waals surface area contributed by atoms with Gasteiger partial charge in [-0.15, -0.1) is 35.3 Å². The van der Waals surface area contributed by atoms with Gasteiger partial charge in [0.1, 0.15) is 5.01 Å². The third-order valence-corrected chi connectivity index (χ3v) is 6.08. The third-order valence-electron chi connectivity index (χ3n) is 5.02. The third kappa shape index (κ3) is 6.70. The second-order valence-electron chi connectivity index (χ2n) is 7.08. The highest BCUT2D eigenvalue weighted by atomic mass is 127. The molecule has 0 radical (unpaired) electrons. The van der Waals surface area contributed by atoms with Crippen LogP contribution in [-0.2, 0) is 13.1 Å². The fraction of sp³-hybridized carbons (Fsp3) is 0.524. The van der Waals surface area contributed by atoms with Crippen molar-refractivity contribution in [2.45, 2.75) is 52.7 Å². The van der Waals surface area contributed by atoms with Crippen LogP contribution < -0.4 is 10.6 Å². The topological polar surface area (TPSA) is 52.6 Å². The Morgan fingerprint density at radius 3 is 2.71 bits per heavy atom. The zero-order chi connectivity index (χ0) is 19.1. The summed E-state index contributed by atoms with van der Waals surface area (Å²) in [4.78, 5) is 13.2. The molecule has 2 heterocycles. The molecule has 0 aliphatic carbocycles. The smallest absolute Gasteiger partial charge is 0.191 e. The first-order valence-electron chi connectivity index (χ1n) is 9.88. The van der Waals surface area contributed by atoms with Gasteiger partial charge in [0.15, 0.2) is 5.96 Å². The van der Waals surface area contributed by atoms with Gasteiger partial charge in [-0.3, -0.25) is 4.90 Å². The lowest BCUT2D eigenvalue weighted by molar-refractivity contribution is 0.245.